The highest BCUT2D eigenvalue weighted by Crippen LogP contribution is 2.31. The monoisotopic (exact) mass is 282 g/mol. The smallest absolute Gasteiger partial charge is 0.362 e. The van der Waals surface area contributed by atoms with Gasteiger partial charge in [-0.3, -0.25) is 0 Å². The molecule has 0 saturated carbocycles. The average molecular weight is 282 g/mol. The van der Waals surface area contributed by atoms with Crippen molar-refractivity contribution in [2.24, 2.45) is 0 Å². The molecule has 0 bridgehead atoms. The van der Waals surface area contributed by atoms with E-state index in [-0.39, 0.29) is 18.8 Å². The molecule has 0 aromatic heterocycles. The number of benzene rings is 1. The predicted molar refractivity (Wildman–Crippen MR) is 70.9 cm³/mol. The maximum Gasteiger partial charge on any atom is 0.362 e. The minimum atomic E-state index is -2.08. The van der Waals surface area contributed by atoms with Gasteiger partial charge in [0.15, 0.2) is 11.5 Å². The lowest BCUT2D eigenvalue weighted by molar-refractivity contribution is -0.176. The van der Waals surface area contributed by atoms with E-state index in [1.54, 1.807) is 32.0 Å². The van der Waals surface area contributed by atoms with Crippen LogP contribution in [0.4, 0.5) is 0 Å². The SMILES string of the molecule is CCOC(=O)C(CC)(Oc1ccccc1OC)C(=O)O. The number of carboxylic acid groups (broad SMARTS) is 1. The number of para-hydroxylation sites is 2. The third-order valence-electron chi connectivity index (χ3n) is 2.80. The highest BCUT2D eigenvalue weighted by atomic mass is 16.6. The van der Waals surface area contributed by atoms with Crippen LogP contribution in [0.3, 0.4) is 0 Å². The van der Waals surface area contributed by atoms with Crippen LogP contribution in [0.2, 0.25) is 0 Å². The second-order valence-corrected chi connectivity index (χ2v) is 3.96. The number of aliphatic carboxylic acids is 1. The molecule has 1 atom stereocenters. The molecular weight excluding hydrogens is 264 g/mol. The summed E-state index contributed by atoms with van der Waals surface area (Å²) in [5.74, 6) is -1.81. The molecule has 0 aliphatic carbocycles. The molecule has 0 aliphatic heterocycles. The van der Waals surface area contributed by atoms with Crippen molar-refractivity contribution in [3.8, 4) is 11.5 Å². The Kier molecular flexibility index (Phi) is 5.37. The molecule has 0 aliphatic rings. The van der Waals surface area contributed by atoms with Crippen molar-refractivity contribution >= 4 is 11.9 Å². The minimum absolute atomic E-state index is 0.0702. The first kappa shape index (κ1) is 15.8. The standard InChI is InChI=1S/C14H18O6/c1-4-14(12(15)16,13(17)19-5-2)20-11-9-7-6-8-10(11)18-3/h6-9H,4-5H2,1-3H3,(H,15,16). The molecule has 6 nitrogen and oxygen atoms in total. The first-order valence-electron chi connectivity index (χ1n) is 6.24. The Morgan fingerprint density at radius 3 is 2.25 bits per heavy atom. The molecule has 110 valence electrons. The third-order valence-corrected chi connectivity index (χ3v) is 2.80. The zero-order valence-electron chi connectivity index (χ0n) is 11.7. The number of esters is 1. The summed E-state index contributed by atoms with van der Waals surface area (Å²) in [5.41, 5.74) is -2.08. The summed E-state index contributed by atoms with van der Waals surface area (Å²) in [4.78, 5) is 23.5. The lowest BCUT2D eigenvalue weighted by Crippen LogP contribution is -2.52. The number of methoxy groups -OCH3 is 1. The summed E-state index contributed by atoms with van der Waals surface area (Å²) in [7, 11) is 1.43. The molecule has 0 saturated heterocycles. The highest BCUT2D eigenvalue weighted by Gasteiger charge is 2.49. The summed E-state index contributed by atoms with van der Waals surface area (Å²) in [6.45, 7) is 3.22. The van der Waals surface area contributed by atoms with E-state index in [9.17, 15) is 14.7 Å². The van der Waals surface area contributed by atoms with Gasteiger partial charge in [0.1, 0.15) is 0 Å². The average Bonchev–Trinajstić information content (AvgIpc) is 2.45. The first-order valence-corrected chi connectivity index (χ1v) is 6.24. The number of carboxylic acids is 1. The number of ether oxygens (including phenoxy) is 3. The van der Waals surface area contributed by atoms with Crippen molar-refractivity contribution in [2.45, 2.75) is 25.9 Å². The van der Waals surface area contributed by atoms with Gasteiger partial charge in [-0.05, 0) is 19.1 Å². The largest absolute Gasteiger partial charge is 0.493 e. The van der Waals surface area contributed by atoms with Crippen LogP contribution < -0.4 is 9.47 Å². The molecule has 0 heterocycles. The predicted octanol–water partition coefficient (Wildman–Crippen LogP) is 1.87. The van der Waals surface area contributed by atoms with Crippen molar-refractivity contribution in [3.63, 3.8) is 0 Å². The summed E-state index contributed by atoms with van der Waals surface area (Å²) in [6, 6.07) is 6.52. The second-order valence-electron chi connectivity index (χ2n) is 3.96. The molecule has 1 rings (SSSR count). The van der Waals surface area contributed by atoms with E-state index >= 15 is 0 Å². The van der Waals surface area contributed by atoms with Crippen LogP contribution in [0, 0.1) is 0 Å². The van der Waals surface area contributed by atoms with Gasteiger partial charge >= 0.3 is 17.5 Å². The number of hydrogen-bond acceptors (Lipinski definition) is 5. The van der Waals surface area contributed by atoms with Crippen molar-refractivity contribution in [1.82, 2.24) is 0 Å². The van der Waals surface area contributed by atoms with Crippen molar-refractivity contribution in [1.29, 1.82) is 0 Å². The van der Waals surface area contributed by atoms with E-state index in [1.165, 1.54) is 13.2 Å². The Morgan fingerprint density at radius 2 is 1.80 bits per heavy atom. The van der Waals surface area contributed by atoms with Gasteiger partial charge in [-0.1, -0.05) is 19.1 Å². The fourth-order valence-corrected chi connectivity index (χ4v) is 1.68. The van der Waals surface area contributed by atoms with Crippen LogP contribution in [0.1, 0.15) is 20.3 Å². The van der Waals surface area contributed by atoms with Gasteiger partial charge in [0.05, 0.1) is 13.7 Å². The molecular formula is C14H18O6. The fraction of sp³-hybridized carbons (Fsp3) is 0.429. The van der Waals surface area contributed by atoms with Crippen LogP contribution >= 0.6 is 0 Å². The van der Waals surface area contributed by atoms with Gasteiger partial charge in [0.25, 0.3) is 0 Å². The second kappa shape index (κ2) is 6.79. The summed E-state index contributed by atoms with van der Waals surface area (Å²) >= 11 is 0. The van der Waals surface area contributed by atoms with Crippen molar-refractivity contribution in [2.75, 3.05) is 13.7 Å². The van der Waals surface area contributed by atoms with Gasteiger partial charge in [-0.25, -0.2) is 9.59 Å². The van der Waals surface area contributed by atoms with E-state index < -0.39 is 17.5 Å². The molecule has 1 aromatic rings. The highest BCUT2D eigenvalue weighted by molar-refractivity contribution is 6.03. The van der Waals surface area contributed by atoms with Gasteiger partial charge in [0.2, 0.25) is 0 Å². The topological polar surface area (TPSA) is 82.1 Å². The van der Waals surface area contributed by atoms with E-state index in [0.717, 1.165) is 0 Å². The quantitative estimate of drug-likeness (QED) is 0.607. The van der Waals surface area contributed by atoms with Gasteiger partial charge < -0.3 is 19.3 Å². The third kappa shape index (κ3) is 3.01. The van der Waals surface area contributed by atoms with E-state index in [2.05, 4.69) is 0 Å². The van der Waals surface area contributed by atoms with E-state index in [1.807, 2.05) is 0 Å². The number of carbonyl (C=O) groups excluding carboxylic acids is 1. The van der Waals surface area contributed by atoms with Crippen LogP contribution in [0.15, 0.2) is 24.3 Å². The molecule has 1 unspecified atom stereocenters. The van der Waals surface area contributed by atoms with Crippen LogP contribution in [-0.4, -0.2) is 36.4 Å². The van der Waals surface area contributed by atoms with Crippen LogP contribution in [-0.2, 0) is 14.3 Å². The van der Waals surface area contributed by atoms with E-state index in [4.69, 9.17) is 14.2 Å². The normalized spacial score (nSPS) is 13.2. The van der Waals surface area contributed by atoms with Crippen LogP contribution in [0.25, 0.3) is 0 Å². The van der Waals surface area contributed by atoms with Gasteiger partial charge in [-0.15, -0.1) is 0 Å². The van der Waals surface area contributed by atoms with Crippen molar-refractivity contribution in [3.05, 3.63) is 24.3 Å². The minimum Gasteiger partial charge on any atom is -0.493 e. The maximum absolute atomic E-state index is 12.0. The molecule has 1 N–H and O–H groups in total. The molecule has 0 spiro atoms. The zero-order chi connectivity index (χ0) is 15.2. The Bertz CT molecular complexity index is 484. The van der Waals surface area contributed by atoms with E-state index in [0.29, 0.717) is 5.75 Å². The Balaban J connectivity index is 3.19. The lowest BCUT2D eigenvalue weighted by atomic mass is 10.0. The molecule has 0 radical (unpaired) electrons. The summed E-state index contributed by atoms with van der Waals surface area (Å²) in [6.07, 6.45) is -0.0702. The zero-order valence-corrected chi connectivity index (χ0v) is 11.7. The number of hydrogen-bond donors (Lipinski definition) is 1. The Labute approximate surface area is 117 Å². The number of carbonyl (C=O) groups is 2. The molecule has 20 heavy (non-hydrogen) atoms. The maximum atomic E-state index is 12.0. The van der Waals surface area contributed by atoms with Gasteiger partial charge in [-0.2, -0.15) is 0 Å². The first-order chi connectivity index (χ1) is 9.51. The fourth-order valence-electron chi connectivity index (χ4n) is 1.68. The Morgan fingerprint density at radius 1 is 1.20 bits per heavy atom. The molecule has 0 fully saturated rings. The summed E-state index contributed by atoms with van der Waals surface area (Å²) < 4.78 is 15.4. The number of rotatable bonds is 7. The Hall–Kier alpha value is -2.24. The molecule has 6 heteroatoms. The molecule has 1 aromatic carbocycles. The van der Waals surface area contributed by atoms with Crippen LogP contribution in [0.5, 0.6) is 11.5 Å². The van der Waals surface area contributed by atoms with Crippen molar-refractivity contribution < 1.29 is 28.9 Å². The lowest BCUT2D eigenvalue weighted by Gasteiger charge is -2.27. The summed E-state index contributed by atoms with van der Waals surface area (Å²) in [5, 5.41) is 9.38. The van der Waals surface area contributed by atoms with Gasteiger partial charge in [0, 0.05) is 6.42 Å². The molecule has 0 amide bonds.